The Morgan fingerprint density at radius 2 is 1.96 bits per heavy atom. The molecule has 0 aliphatic carbocycles. The quantitative estimate of drug-likeness (QED) is 0.849. The first-order valence-corrected chi connectivity index (χ1v) is 8.21. The fourth-order valence-corrected chi connectivity index (χ4v) is 2.37. The Bertz CT molecular complexity index is 757. The van der Waals surface area contributed by atoms with Gasteiger partial charge < -0.3 is 10.6 Å². The standard InChI is InChI=1S/C17H22F3N5O/c1-11(2)13(21)8-9-24(3)16(26)14-10-25(23-22-14)15-7-5-4-6-12(15)17(18,19)20/h4-7,10-11,13H,8-9,21H2,1-3H3. The van der Waals surface area contributed by atoms with E-state index in [1.807, 2.05) is 13.8 Å². The van der Waals surface area contributed by atoms with Crippen molar-refractivity contribution in [3.8, 4) is 5.69 Å². The van der Waals surface area contributed by atoms with Crippen LogP contribution in [0.1, 0.15) is 36.3 Å². The summed E-state index contributed by atoms with van der Waals surface area (Å²) in [5, 5.41) is 7.40. The lowest BCUT2D eigenvalue weighted by atomic mass is 10.0. The highest BCUT2D eigenvalue weighted by molar-refractivity contribution is 5.91. The molecule has 0 saturated heterocycles. The zero-order valence-corrected chi connectivity index (χ0v) is 14.9. The van der Waals surface area contributed by atoms with Gasteiger partial charge in [-0.3, -0.25) is 4.79 Å². The topological polar surface area (TPSA) is 77.0 Å². The van der Waals surface area contributed by atoms with Gasteiger partial charge in [0.1, 0.15) is 0 Å². The summed E-state index contributed by atoms with van der Waals surface area (Å²) in [7, 11) is 1.60. The van der Waals surface area contributed by atoms with E-state index >= 15 is 0 Å². The summed E-state index contributed by atoms with van der Waals surface area (Å²) in [5.41, 5.74) is 4.91. The highest BCUT2D eigenvalue weighted by Gasteiger charge is 2.34. The fourth-order valence-electron chi connectivity index (χ4n) is 2.37. The van der Waals surface area contributed by atoms with Gasteiger partial charge in [0.15, 0.2) is 5.69 Å². The Morgan fingerprint density at radius 3 is 2.58 bits per heavy atom. The molecular weight excluding hydrogens is 347 g/mol. The molecule has 2 aromatic rings. The second-order valence-corrected chi connectivity index (χ2v) is 6.49. The number of hydrogen-bond acceptors (Lipinski definition) is 4. The summed E-state index contributed by atoms with van der Waals surface area (Å²) in [5.74, 6) is -0.130. The average molecular weight is 369 g/mol. The number of carbonyl (C=O) groups excluding carboxylic acids is 1. The van der Waals surface area contributed by atoms with Gasteiger partial charge in [0.05, 0.1) is 17.4 Å². The maximum atomic E-state index is 13.1. The lowest BCUT2D eigenvalue weighted by molar-refractivity contribution is -0.137. The number of nitrogens with two attached hydrogens (primary N) is 1. The highest BCUT2D eigenvalue weighted by atomic mass is 19.4. The van der Waals surface area contributed by atoms with E-state index in [1.165, 1.54) is 29.3 Å². The number of para-hydroxylation sites is 1. The smallest absolute Gasteiger partial charge is 0.340 e. The van der Waals surface area contributed by atoms with Crippen molar-refractivity contribution in [1.29, 1.82) is 0 Å². The summed E-state index contributed by atoms with van der Waals surface area (Å²) in [6.45, 7) is 4.41. The summed E-state index contributed by atoms with van der Waals surface area (Å²) >= 11 is 0. The first-order valence-electron chi connectivity index (χ1n) is 8.21. The molecule has 1 heterocycles. The van der Waals surface area contributed by atoms with Crippen molar-refractivity contribution in [2.24, 2.45) is 11.7 Å². The molecule has 1 aromatic carbocycles. The van der Waals surface area contributed by atoms with Crippen LogP contribution < -0.4 is 5.73 Å². The molecule has 0 fully saturated rings. The minimum atomic E-state index is -4.53. The Hall–Kier alpha value is -2.42. The normalized spacial score (nSPS) is 13.1. The molecule has 6 nitrogen and oxygen atoms in total. The van der Waals surface area contributed by atoms with Crippen molar-refractivity contribution in [3.63, 3.8) is 0 Å². The SMILES string of the molecule is CC(C)C(N)CCN(C)C(=O)c1cn(-c2ccccc2C(F)(F)F)nn1. The molecule has 0 aliphatic rings. The van der Waals surface area contributed by atoms with Crippen molar-refractivity contribution < 1.29 is 18.0 Å². The number of benzene rings is 1. The fraction of sp³-hybridized carbons (Fsp3) is 0.471. The third kappa shape index (κ3) is 4.60. The number of nitrogens with zero attached hydrogens (tertiary/aromatic N) is 4. The average Bonchev–Trinajstić information content (AvgIpc) is 3.07. The Balaban J connectivity index is 2.16. The molecule has 0 saturated carbocycles. The van der Waals surface area contributed by atoms with Gasteiger partial charge in [-0.2, -0.15) is 13.2 Å². The molecule has 9 heteroatoms. The number of aromatic nitrogens is 3. The van der Waals surface area contributed by atoms with Gasteiger partial charge in [0, 0.05) is 19.6 Å². The predicted molar refractivity (Wildman–Crippen MR) is 90.8 cm³/mol. The molecule has 0 radical (unpaired) electrons. The molecule has 0 bridgehead atoms. The molecule has 0 spiro atoms. The molecule has 0 aliphatic heterocycles. The molecule has 2 N–H and O–H groups in total. The molecular formula is C17H22F3N5O. The first kappa shape index (κ1) is 19.9. The molecule has 2 rings (SSSR count). The minimum absolute atomic E-state index is 0.0254. The molecule has 1 unspecified atom stereocenters. The lowest BCUT2D eigenvalue weighted by Crippen LogP contribution is -2.34. The van der Waals surface area contributed by atoms with Crippen molar-refractivity contribution in [2.75, 3.05) is 13.6 Å². The van der Waals surface area contributed by atoms with E-state index in [1.54, 1.807) is 7.05 Å². The zero-order chi connectivity index (χ0) is 19.5. The van der Waals surface area contributed by atoms with E-state index in [9.17, 15) is 18.0 Å². The van der Waals surface area contributed by atoms with Crippen LogP contribution in [0.25, 0.3) is 5.69 Å². The number of amides is 1. The summed E-state index contributed by atoms with van der Waals surface area (Å²) in [4.78, 5) is 13.8. The number of alkyl halides is 3. The van der Waals surface area contributed by atoms with Crippen LogP contribution in [0.3, 0.4) is 0 Å². The second kappa shape index (κ2) is 7.86. The number of carbonyl (C=O) groups is 1. The first-order chi connectivity index (χ1) is 12.1. The van der Waals surface area contributed by atoms with Crippen LogP contribution in [0, 0.1) is 5.92 Å². The summed E-state index contributed by atoms with van der Waals surface area (Å²) < 4.78 is 40.3. The maximum absolute atomic E-state index is 13.1. The van der Waals surface area contributed by atoms with Gasteiger partial charge in [-0.05, 0) is 24.5 Å². The Labute approximate surface area is 149 Å². The largest absolute Gasteiger partial charge is 0.418 e. The van der Waals surface area contributed by atoms with E-state index in [0.29, 0.717) is 18.9 Å². The van der Waals surface area contributed by atoms with E-state index in [4.69, 9.17) is 5.73 Å². The van der Waals surface area contributed by atoms with Crippen LogP contribution in [0.5, 0.6) is 0 Å². The third-order valence-corrected chi connectivity index (χ3v) is 4.17. The molecule has 142 valence electrons. The Morgan fingerprint density at radius 1 is 1.31 bits per heavy atom. The van der Waals surface area contributed by atoms with Gasteiger partial charge in [-0.25, -0.2) is 4.68 Å². The highest BCUT2D eigenvalue weighted by Crippen LogP contribution is 2.33. The molecule has 1 amide bonds. The maximum Gasteiger partial charge on any atom is 0.418 e. The van der Waals surface area contributed by atoms with Crippen molar-refractivity contribution in [3.05, 3.63) is 41.7 Å². The predicted octanol–water partition coefficient (Wildman–Crippen LogP) is 2.73. The minimum Gasteiger partial charge on any atom is -0.340 e. The summed E-state index contributed by atoms with van der Waals surface area (Å²) in [6.07, 6.45) is -2.72. The Kier molecular flexibility index (Phi) is 6.01. The van der Waals surface area contributed by atoms with E-state index in [2.05, 4.69) is 10.3 Å². The van der Waals surface area contributed by atoms with Gasteiger partial charge in [0.2, 0.25) is 0 Å². The van der Waals surface area contributed by atoms with Crippen molar-refractivity contribution in [1.82, 2.24) is 19.9 Å². The lowest BCUT2D eigenvalue weighted by Gasteiger charge is -2.20. The zero-order valence-electron chi connectivity index (χ0n) is 14.9. The van der Waals surface area contributed by atoms with Crippen LogP contribution in [0.4, 0.5) is 13.2 Å². The number of hydrogen-bond donors (Lipinski definition) is 1. The van der Waals surface area contributed by atoms with E-state index in [0.717, 1.165) is 10.7 Å². The molecule has 1 aromatic heterocycles. The van der Waals surface area contributed by atoms with E-state index in [-0.39, 0.29) is 17.4 Å². The van der Waals surface area contributed by atoms with Crippen molar-refractivity contribution >= 4 is 5.91 Å². The van der Waals surface area contributed by atoms with Gasteiger partial charge in [-0.15, -0.1) is 5.10 Å². The molecule has 1 atom stereocenters. The van der Waals surface area contributed by atoms with Crippen LogP contribution in [0.2, 0.25) is 0 Å². The third-order valence-electron chi connectivity index (χ3n) is 4.17. The van der Waals surface area contributed by atoms with Gasteiger partial charge in [-0.1, -0.05) is 31.2 Å². The van der Waals surface area contributed by atoms with Crippen LogP contribution >= 0.6 is 0 Å². The molecule has 26 heavy (non-hydrogen) atoms. The number of halogens is 3. The van der Waals surface area contributed by atoms with E-state index < -0.39 is 17.6 Å². The van der Waals surface area contributed by atoms with Crippen LogP contribution in [-0.4, -0.2) is 45.4 Å². The summed E-state index contributed by atoms with van der Waals surface area (Å²) in [6, 6.07) is 4.95. The van der Waals surface area contributed by atoms with Crippen LogP contribution in [-0.2, 0) is 6.18 Å². The van der Waals surface area contributed by atoms with Crippen LogP contribution in [0.15, 0.2) is 30.5 Å². The second-order valence-electron chi connectivity index (χ2n) is 6.49. The van der Waals surface area contributed by atoms with Crippen molar-refractivity contribution in [2.45, 2.75) is 32.5 Å². The number of rotatable bonds is 6. The monoisotopic (exact) mass is 369 g/mol. The van der Waals surface area contributed by atoms with Gasteiger partial charge in [0.25, 0.3) is 5.91 Å². The van der Waals surface area contributed by atoms with Gasteiger partial charge >= 0.3 is 6.18 Å².